The van der Waals surface area contributed by atoms with Crippen LogP contribution in [0.1, 0.15) is 25.0 Å². The Morgan fingerprint density at radius 2 is 2.31 bits per heavy atom. The van der Waals surface area contributed by atoms with E-state index in [0.717, 1.165) is 10.4 Å². The van der Waals surface area contributed by atoms with E-state index in [0.29, 0.717) is 19.1 Å². The smallest absolute Gasteiger partial charge is 0.304 e. The summed E-state index contributed by atoms with van der Waals surface area (Å²) in [6.45, 7) is 1.29. The van der Waals surface area contributed by atoms with Crippen LogP contribution in [-0.2, 0) is 11.3 Å². The van der Waals surface area contributed by atoms with Crippen LogP contribution in [-0.4, -0.2) is 28.6 Å². The van der Waals surface area contributed by atoms with E-state index in [1.165, 1.54) is 12.8 Å². The van der Waals surface area contributed by atoms with Crippen LogP contribution < -0.4 is 0 Å². The van der Waals surface area contributed by atoms with Crippen molar-refractivity contribution < 1.29 is 14.3 Å². The third-order valence-electron chi connectivity index (χ3n) is 2.66. The van der Waals surface area contributed by atoms with Gasteiger partial charge in [0.15, 0.2) is 4.67 Å². The molecule has 0 atom stereocenters. The van der Waals surface area contributed by atoms with Crippen molar-refractivity contribution in [3.8, 4) is 0 Å². The van der Waals surface area contributed by atoms with E-state index in [9.17, 15) is 4.79 Å². The second-order valence-electron chi connectivity index (χ2n) is 4.05. The van der Waals surface area contributed by atoms with Gasteiger partial charge >= 0.3 is 5.97 Å². The molecule has 1 fully saturated rings. The molecule has 16 heavy (non-hydrogen) atoms. The van der Waals surface area contributed by atoms with Gasteiger partial charge in [0, 0.05) is 12.6 Å². The van der Waals surface area contributed by atoms with Crippen molar-refractivity contribution in [1.82, 2.24) is 4.90 Å². The number of hydrogen-bond acceptors (Lipinski definition) is 3. The Morgan fingerprint density at radius 3 is 2.81 bits per heavy atom. The van der Waals surface area contributed by atoms with Crippen molar-refractivity contribution in [3.63, 3.8) is 0 Å². The summed E-state index contributed by atoms with van der Waals surface area (Å²) in [7, 11) is 0. The van der Waals surface area contributed by atoms with Crippen LogP contribution in [0.3, 0.4) is 0 Å². The SMILES string of the molecule is O=C(O)CCN(Cc1ccc(Br)o1)C1CC1. The molecule has 0 spiro atoms. The standard InChI is InChI=1S/C11H14BrNO3/c12-10-4-3-9(16-10)7-13(8-1-2-8)6-5-11(14)15/h3-4,8H,1-2,5-7H2,(H,14,15). The molecule has 0 radical (unpaired) electrons. The molecule has 88 valence electrons. The Morgan fingerprint density at radius 1 is 1.56 bits per heavy atom. The van der Waals surface area contributed by atoms with Crippen LogP contribution in [0.15, 0.2) is 21.2 Å². The first-order chi connectivity index (χ1) is 7.65. The Bertz CT molecular complexity index is 373. The maximum atomic E-state index is 10.5. The molecule has 1 aromatic heterocycles. The van der Waals surface area contributed by atoms with Gasteiger partial charge in [0.1, 0.15) is 5.76 Å². The number of nitrogens with zero attached hydrogens (tertiary/aromatic N) is 1. The summed E-state index contributed by atoms with van der Waals surface area (Å²) in [6.07, 6.45) is 2.53. The van der Waals surface area contributed by atoms with E-state index in [2.05, 4.69) is 20.8 Å². The highest BCUT2D eigenvalue weighted by molar-refractivity contribution is 9.10. The Kier molecular flexibility index (Phi) is 3.66. The Hall–Kier alpha value is -0.810. The van der Waals surface area contributed by atoms with Gasteiger partial charge < -0.3 is 9.52 Å². The fraction of sp³-hybridized carbons (Fsp3) is 0.545. The molecular formula is C11H14BrNO3. The van der Waals surface area contributed by atoms with Crippen LogP contribution in [0.2, 0.25) is 0 Å². The topological polar surface area (TPSA) is 53.7 Å². The molecule has 4 nitrogen and oxygen atoms in total. The molecule has 0 saturated heterocycles. The molecule has 1 aliphatic rings. The number of carboxylic acids is 1. The number of hydrogen-bond donors (Lipinski definition) is 1. The van der Waals surface area contributed by atoms with Crippen molar-refractivity contribution in [3.05, 3.63) is 22.6 Å². The van der Waals surface area contributed by atoms with Crippen molar-refractivity contribution in [2.45, 2.75) is 31.8 Å². The lowest BCUT2D eigenvalue weighted by Gasteiger charge is -2.19. The monoisotopic (exact) mass is 287 g/mol. The van der Waals surface area contributed by atoms with Gasteiger partial charge in [-0.25, -0.2) is 0 Å². The summed E-state index contributed by atoms with van der Waals surface area (Å²) < 4.78 is 6.15. The molecule has 0 aromatic carbocycles. The maximum absolute atomic E-state index is 10.5. The molecule has 1 N–H and O–H groups in total. The minimum Gasteiger partial charge on any atom is -0.481 e. The van der Waals surface area contributed by atoms with E-state index >= 15 is 0 Å². The molecule has 1 saturated carbocycles. The zero-order chi connectivity index (χ0) is 11.5. The van der Waals surface area contributed by atoms with Crippen LogP contribution in [0.4, 0.5) is 0 Å². The second-order valence-corrected chi connectivity index (χ2v) is 4.83. The Balaban J connectivity index is 1.89. The normalized spacial score (nSPS) is 15.6. The van der Waals surface area contributed by atoms with Crippen LogP contribution in [0.25, 0.3) is 0 Å². The summed E-state index contributed by atoms with van der Waals surface area (Å²) in [5, 5.41) is 8.68. The van der Waals surface area contributed by atoms with E-state index in [1.54, 1.807) is 0 Å². The lowest BCUT2D eigenvalue weighted by atomic mass is 10.3. The third kappa shape index (κ3) is 3.35. The third-order valence-corrected chi connectivity index (χ3v) is 3.09. The van der Waals surface area contributed by atoms with Gasteiger partial charge in [-0.2, -0.15) is 0 Å². The fourth-order valence-electron chi connectivity index (χ4n) is 1.71. The second kappa shape index (κ2) is 5.01. The zero-order valence-corrected chi connectivity index (χ0v) is 10.4. The minimum atomic E-state index is -0.744. The van der Waals surface area contributed by atoms with E-state index in [1.807, 2.05) is 12.1 Å². The van der Waals surface area contributed by atoms with Gasteiger partial charge in [0.25, 0.3) is 0 Å². The van der Waals surface area contributed by atoms with Crippen LogP contribution in [0, 0.1) is 0 Å². The molecule has 1 aromatic rings. The van der Waals surface area contributed by atoms with E-state index in [-0.39, 0.29) is 6.42 Å². The zero-order valence-electron chi connectivity index (χ0n) is 8.86. The molecule has 0 aliphatic heterocycles. The molecule has 0 amide bonds. The van der Waals surface area contributed by atoms with Gasteiger partial charge in [0.05, 0.1) is 13.0 Å². The van der Waals surface area contributed by atoms with Crippen LogP contribution >= 0.6 is 15.9 Å². The quantitative estimate of drug-likeness (QED) is 0.873. The number of carboxylic acid groups (broad SMARTS) is 1. The first-order valence-corrected chi connectivity index (χ1v) is 6.14. The van der Waals surface area contributed by atoms with Crippen molar-refractivity contribution in [2.75, 3.05) is 6.54 Å². The minimum absolute atomic E-state index is 0.193. The van der Waals surface area contributed by atoms with E-state index in [4.69, 9.17) is 9.52 Å². The summed E-state index contributed by atoms with van der Waals surface area (Å²) in [5.41, 5.74) is 0. The van der Waals surface area contributed by atoms with Gasteiger partial charge in [-0.05, 0) is 40.9 Å². The summed E-state index contributed by atoms with van der Waals surface area (Å²) >= 11 is 3.26. The highest BCUT2D eigenvalue weighted by Crippen LogP contribution is 2.29. The molecule has 2 rings (SSSR count). The average molecular weight is 288 g/mol. The predicted octanol–water partition coefficient (Wildman–Crippen LogP) is 2.48. The number of carbonyl (C=O) groups is 1. The highest BCUT2D eigenvalue weighted by atomic mass is 79.9. The van der Waals surface area contributed by atoms with Crippen molar-refractivity contribution >= 4 is 21.9 Å². The van der Waals surface area contributed by atoms with Crippen molar-refractivity contribution in [2.24, 2.45) is 0 Å². The molecule has 5 heteroatoms. The number of halogens is 1. The largest absolute Gasteiger partial charge is 0.481 e. The van der Waals surface area contributed by atoms with Crippen molar-refractivity contribution in [1.29, 1.82) is 0 Å². The number of furan rings is 1. The number of rotatable bonds is 6. The Labute approximate surface area is 102 Å². The number of aliphatic carboxylic acids is 1. The van der Waals surface area contributed by atoms with Gasteiger partial charge in [-0.15, -0.1) is 0 Å². The first-order valence-electron chi connectivity index (χ1n) is 5.35. The summed E-state index contributed by atoms with van der Waals surface area (Å²) in [6, 6.07) is 4.32. The van der Waals surface area contributed by atoms with Crippen LogP contribution in [0.5, 0.6) is 0 Å². The highest BCUT2D eigenvalue weighted by Gasteiger charge is 2.29. The lowest BCUT2D eigenvalue weighted by Crippen LogP contribution is -2.27. The molecule has 1 aliphatic carbocycles. The lowest BCUT2D eigenvalue weighted by molar-refractivity contribution is -0.137. The maximum Gasteiger partial charge on any atom is 0.304 e. The van der Waals surface area contributed by atoms with Gasteiger partial charge in [-0.1, -0.05) is 0 Å². The molecule has 0 unspecified atom stereocenters. The molecular weight excluding hydrogens is 274 g/mol. The molecule has 1 heterocycles. The summed E-state index contributed by atoms with van der Waals surface area (Å²) in [5.74, 6) is 0.135. The predicted molar refractivity (Wildman–Crippen MR) is 62.1 cm³/mol. The molecule has 0 bridgehead atoms. The van der Waals surface area contributed by atoms with Gasteiger partial charge in [0.2, 0.25) is 0 Å². The fourth-order valence-corrected chi connectivity index (χ4v) is 2.05. The van der Waals surface area contributed by atoms with Gasteiger partial charge in [-0.3, -0.25) is 9.69 Å². The summed E-state index contributed by atoms with van der Waals surface area (Å²) in [4.78, 5) is 12.7. The average Bonchev–Trinajstić information content (AvgIpc) is 2.98. The van der Waals surface area contributed by atoms with E-state index < -0.39 is 5.97 Å². The first kappa shape index (κ1) is 11.7.